The Bertz CT molecular complexity index is 333. The highest BCUT2D eigenvalue weighted by atomic mass is 16.5. The van der Waals surface area contributed by atoms with Gasteiger partial charge in [-0.1, -0.05) is 0 Å². The molecule has 1 aliphatic rings. The van der Waals surface area contributed by atoms with Crippen molar-refractivity contribution in [1.82, 2.24) is 9.55 Å². The van der Waals surface area contributed by atoms with Crippen molar-refractivity contribution in [2.24, 2.45) is 0 Å². The fourth-order valence-corrected chi connectivity index (χ4v) is 2.03. The van der Waals surface area contributed by atoms with Gasteiger partial charge in [-0.3, -0.25) is 0 Å². The first-order valence-corrected chi connectivity index (χ1v) is 5.38. The SMILES string of the molecule is CC1(C)CCC(Cn2cnc(CO)c2)O1. The molecule has 1 N–H and O–H groups in total. The second kappa shape index (κ2) is 3.94. The molecule has 0 aromatic carbocycles. The van der Waals surface area contributed by atoms with E-state index in [-0.39, 0.29) is 18.3 Å². The fourth-order valence-electron chi connectivity index (χ4n) is 2.03. The van der Waals surface area contributed by atoms with E-state index < -0.39 is 0 Å². The summed E-state index contributed by atoms with van der Waals surface area (Å²) in [6, 6.07) is 0. The Balaban J connectivity index is 1.92. The predicted molar refractivity (Wildman–Crippen MR) is 56.3 cm³/mol. The van der Waals surface area contributed by atoms with Crippen molar-refractivity contribution >= 4 is 0 Å². The minimum absolute atomic E-state index is 0.00398. The molecule has 1 unspecified atom stereocenters. The molecule has 15 heavy (non-hydrogen) atoms. The standard InChI is InChI=1S/C11H18N2O2/c1-11(2)4-3-10(15-11)6-13-5-9(7-14)12-8-13/h5,8,10,14H,3-4,6-7H2,1-2H3. The van der Waals surface area contributed by atoms with Gasteiger partial charge in [0.25, 0.3) is 0 Å². The summed E-state index contributed by atoms with van der Waals surface area (Å²) in [6.07, 6.45) is 6.11. The van der Waals surface area contributed by atoms with Gasteiger partial charge in [0.2, 0.25) is 0 Å². The molecule has 1 aromatic heterocycles. The van der Waals surface area contributed by atoms with Crippen LogP contribution in [-0.4, -0.2) is 26.4 Å². The number of ether oxygens (including phenoxy) is 1. The molecule has 0 saturated carbocycles. The Kier molecular flexibility index (Phi) is 2.80. The molecule has 1 aliphatic heterocycles. The average molecular weight is 210 g/mol. The van der Waals surface area contributed by atoms with Crippen LogP contribution in [0.5, 0.6) is 0 Å². The van der Waals surface area contributed by atoms with Crippen molar-refractivity contribution < 1.29 is 9.84 Å². The maximum Gasteiger partial charge on any atom is 0.0951 e. The first kappa shape index (κ1) is 10.6. The summed E-state index contributed by atoms with van der Waals surface area (Å²) in [5.41, 5.74) is 0.734. The number of nitrogens with zero attached hydrogens (tertiary/aromatic N) is 2. The lowest BCUT2D eigenvalue weighted by molar-refractivity contribution is -0.0217. The number of aliphatic hydroxyl groups is 1. The van der Waals surface area contributed by atoms with E-state index in [1.807, 2.05) is 10.8 Å². The molecule has 0 aliphatic carbocycles. The van der Waals surface area contributed by atoms with Crippen molar-refractivity contribution in [3.8, 4) is 0 Å². The number of hydrogen-bond donors (Lipinski definition) is 1. The molecule has 1 saturated heterocycles. The van der Waals surface area contributed by atoms with E-state index in [0.29, 0.717) is 5.69 Å². The second-order valence-corrected chi connectivity index (χ2v) is 4.76. The van der Waals surface area contributed by atoms with Gasteiger partial charge in [0.05, 0.1) is 30.3 Å². The van der Waals surface area contributed by atoms with Crippen LogP contribution in [0.25, 0.3) is 0 Å². The molecule has 1 aromatic rings. The van der Waals surface area contributed by atoms with E-state index in [9.17, 15) is 0 Å². The normalized spacial score (nSPS) is 24.6. The van der Waals surface area contributed by atoms with Crippen LogP contribution in [-0.2, 0) is 17.9 Å². The highest BCUT2D eigenvalue weighted by molar-refractivity contribution is 4.95. The van der Waals surface area contributed by atoms with E-state index in [2.05, 4.69) is 18.8 Å². The van der Waals surface area contributed by atoms with Gasteiger partial charge >= 0.3 is 0 Å². The van der Waals surface area contributed by atoms with Crippen LogP contribution in [0.15, 0.2) is 12.5 Å². The molecule has 4 nitrogen and oxygen atoms in total. The van der Waals surface area contributed by atoms with Crippen molar-refractivity contribution in [3.05, 3.63) is 18.2 Å². The summed E-state index contributed by atoms with van der Waals surface area (Å²) in [5, 5.41) is 8.89. The number of rotatable bonds is 3. The van der Waals surface area contributed by atoms with E-state index in [0.717, 1.165) is 19.4 Å². The Morgan fingerprint density at radius 3 is 3.00 bits per heavy atom. The highest BCUT2D eigenvalue weighted by Crippen LogP contribution is 2.29. The molecule has 0 radical (unpaired) electrons. The smallest absolute Gasteiger partial charge is 0.0951 e. The summed E-state index contributed by atoms with van der Waals surface area (Å²) in [7, 11) is 0. The Labute approximate surface area is 89.9 Å². The summed E-state index contributed by atoms with van der Waals surface area (Å²) in [6.45, 7) is 5.08. The van der Waals surface area contributed by atoms with Crippen LogP contribution in [0.2, 0.25) is 0 Å². The minimum Gasteiger partial charge on any atom is -0.390 e. The number of aromatic nitrogens is 2. The molecule has 0 spiro atoms. The van der Waals surface area contributed by atoms with Crippen molar-refractivity contribution in [2.75, 3.05) is 0 Å². The predicted octanol–water partition coefficient (Wildman–Crippen LogP) is 1.33. The van der Waals surface area contributed by atoms with Crippen molar-refractivity contribution in [2.45, 2.75) is 51.5 Å². The van der Waals surface area contributed by atoms with E-state index >= 15 is 0 Å². The molecule has 0 amide bonds. The van der Waals surface area contributed by atoms with Gasteiger partial charge in [-0.25, -0.2) is 4.98 Å². The molecule has 1 fully saturated rings. The van der Waals surface area contributed by atoms with E-state index in [1.54, 1.807) is 6.33 Å². The molecule has 1 atom stereocenters. The van der Waals surface area contributed by atoms with Gasteiger partial charge in [-0.05, 0) is 26.7 Å². The molecule has 2 heterocycles. The lowest BCUT2D eigenvalue weighted by Gasteiger charge is -2.19. The van der Waals surface area contributed by atoms with Gasteiger partial charge in [0, 0.05) is 12.7 Å². The van der Waals surface area contributed by atoms with Gasteiger partial charge in [0.15, 0.2) is 0 Å². The molecule has 2 rings (SSSR count). The highest BCUT2D eigenvalue weighted by Gasteiger charge is 2.31. The fraction of sp³-hybridized carbons (Fsp3) is 0.727. The number of hydrogen-bond acceptors (Lipinski definition) is 3. The second-order valence-electron chi connectivity index (χ2n) is 4.76. The van der Waals surface area contributed by atoms with Crippen molar-refractivity contribution in [3.63, 3.8) is 0 Å². The third-order valence-corrected chi connectivity index (χ3v) is 2.82. The molecule has 4 heteroatoms. The zero-order valence-electron chi connectivity index (χ0n) is 9.31. The lowest BCUT2D eigenvalue weighted by atomic mass is 10.1. The largest absolute Gasteiger partial charge is 0.390 e. The van der Waals surface area contributed by atoms with Crippen LogP contribution in [0.1, 0.15) is 32.4 Å². The van der Waals surface area contributed by atoms with Crippen LogP contribution in [0, 0.1) is 0 Å². The van der Waals surface area contributed by atoms with Gasteiger partial charge in [-0.2, -0.15) is 0 Å². The zero-order chi connectivity index (χ0) is 10.9. The third kappa shape index (κ3) is 2.58. The summed E-state index contributed by atoms with van der Waals surface area (Å²) in [4.78, 5) is 4.07. The van der Waals surface area contributed by atoms with Crippen LogP contribution < -0.4 is 0 Å². The third-order valence-electron chi connectivity index (χ3n) is 2.82. The van der Waals surface area contributed by atoms with Crippen LogP contribution in [0.4, 0.5) is 0 Å². The molecule has 84 valence electrons. The Morgan fingerprint density at radius 1 is 1.67 bits per heavy atom. The lowest BCUT2D eigenvalue weighted by Crippen LogP contribution is -2.22. The zero-order valence-corrected chi connectivity index (χ0v) is 9.31. The molecular weight excluding hydrogens is 192 g/mol. The topological polar surface area (TPSA) is 47.3 Å². The van der Waals surface area contributed by atoms with Crippen LogP contribution in [0.3, 0.4) is 0 Å². The average Bonchev–Trinajstić information content (AvgIpc) is 2.73. The first-order chi connectivity index (χ1) is 7.09. The quantitative estimate of drug-likeness (QED) is 0.818. The van der Waals surface area contributed by atoms with Gasteiger partial charge in [0.1, 0.15) is 0 Å². The molecule has 0 bridgehead atoms. The van der Waals surface area contributed by atoms with E-state index in [1.165, 1.54) is 0 Å². The maximum absolute atomic E-state index is 8.89. The van der Waals surface area contributed by atoms with E-state index in [4.69, 9.17) is 9.84 Å². The number of imidazole rings is 1. The maximum atomic E-state index is 8.89. The first-order valence-electron chi connectivity index (χ1n) is 5.38. The summed E-state index contributed by atoms with van der Waals surface area (Å²) >= 11 is 0. The summed E-state index contributed by atoms with van der Waals surface area (Å²) < 4.78 is 7.87. The monoisotopic (exact) mass is 210 g/mol. The summed E-state index contributed by atoms with van der Waals surface area (Å²) in [5.74, 6) is 0. The van der Waals surface area contributed by atoms with Crippen LogP contribution >= 0.6 is 0 Å². The Hall–Kier alpha value is -0.870. The Morgan fingerprint density at radius 2 is 2.47 bits per heavy atom. The van der Waals surface area contributed by atoms with Crippen molar-refractivity contribution in [1.29, 1.82) is 0 Å². The number of aliphatic hydroxyl groups excluding tert-OH is 1. The van der Waals surface area contributed by atoms with Gasteiger partial charge < -0.3 is 14.4 Å². The van der Waals surface area contributed by atoms with Gasteiger partial charge in [-0.15, -0.1) is 0 Å². The minimum atomic E-state index is 0.00398. The molecular formula is C11H18N2O2.